The molecule has 0 amide bonds. The van der Waals surface area contributed by atoms with Crippen LogP contribution in [0, 0.1) is 0 Å². The van der Waals surface area contributed by atoms with Gasteiger partial charge in [0, 0.05) is 6.04 Å². The second-order valence-corrected chi connectivity index (χ2v) is 4.14. The Bertz CT molecular complexity index is 307. The predicted molar refractivity (Wildman–Crippen MR) is 69.8 cm³/mol. The minimum Gasteiger partial charge on any atom is -0.496 e. The van der Waals surface area contributed by atoms with Gasteiger partial charge < -0.3 is 10.5 Å². The maximum atomic E-state index is 6.00. The fourth-order valence-corrected chi connectivity index (χ4v) is 1.95. The average Bonchev–Trinajstić information content (AvgIpc) is 2.18. The molecule has 1 rings (SSSR count). The van der Waals surface area contributed by atoms with Crippen LogP contribution in [0.4, 0.5) is 0 Å². The second kappa shape index (κ2) is 7.09. The summed E-state index contributed by atoms with van der Waals surface area (Å²) in [6.07, 6.45) is 2.11. The van der Waals surface area contributed by atoms with Crippen molar-refractivity contribution < 1.29 is 4.74 Å². The van der Waals surface area contributed by atoms with Crippen LogP contribution < -0.4 is 10.5 Å². The maximum Gasteiger partial charge on any atom is 0.133 e. The molecule has 1 aromatic carbocycles. The van der Waals surface area contributed by atoms with E-state index in [1.165, 1.54) is 0 Å². The lowest BCUT2D eigenvalue weighted by molar-refractivity contribution is 0.411. The van der Waals surface area contributed by atoms with Crippen LogP contribution >= 0.6 is 28.3 Å². The molecule has 4 heteroatoms. The number of rotatable bonds is 4. The summed E-state index contributed by atoms with van der Waals surface area (Å²) in [4.78, 5) is 0. The van der Waals surface area contributed by atoms with E-state index in [0.717, 1.165) is 28.6 Å². The summed E-state index contributed by atoms with van der Waals surface area (Å²) in [5.74, 6) is 0.845. The first-order chi connectivity index (χ1) is 6.69. The summed E-state index contributed by atoms with van der Waals surface area (Å²) < 4.78 is 6.11. The second-order valence-electron chi connectivity index (χ2n) is 3.29. The van der Waals surface area contributed by atoms with Gasteiger partial charge in [-0.1, -0.05) is 19.4 Å². The smallest absolute Gasteiger partial charge is 0.133 e. The van der Waals surface area contributed by atoms with E-state index in [1.54, 1.807) is 7.11 Å². The van der Waals surface area contributed by atoms with Crippen LogP contribution in [0.3, 0.4) is 0 Å². The van der Waals surface area contributed by atoms with E-state index in [9.17, 15) is 0 Å². The molecule has 2 nitrogen and oxygen atoms in total. The van der Waals surface area contributed by atoms with Crippen molar-refractivity contribution in [3.8, 4) is 5.75 Å². The Labute approximate surface area is 106 Å². The lowest BCUT2D eigenvalue weighted by Gasteiger charge is -2.12. The van der Waals surface area contributed by atoms with Gasteiger partial charge in [0.25, 0.3) is 0 Å². The van der Waals surface area contributed by atoms with Crippen LogP contribution in [-0.4, -0.2) is 7.11 Å². The third kappa shape index (κ3) is 4.01. The zero-order valence-electron chi connectivity index (χ0n) is 9.00. The van der Waals surface area contributed by atoms with Crippen molar-refractivity contribution in [3.63, 3.8) is 0 Å². The number of benzene rings is 1. The summed E-state index contributed by atoms with van der Waals surface area (Å²) in [7, 11) is 1.66. The van der Waals surface area contributed by atoms with Gasteiger partial charge in [0.15, 0.2) is 0 Å². The number of methoxy groups -OCH3 is 1. The third-order valence-electron chi connectivity index (χ3n) is 2.20. The molecule has 86 valence electrons. The first-order valence-corrected chi connectivity index (χ1v) is 5.57. The lowest BCUT2D eigenvalue weighted by Crippen LogP contribution is -2.09. The Kier molecular flexibility index (Phi) is 6.98. The summed E-state index contributed by atoms with van der Waals surface area (Å²) in [5, 5.41) is 0. The molecule has 0 saturated carbocycles. The van der Waals surface area contributed by atoms with Gasteiger partial charge in [-0.15, -0.1) is 12.4 Å². The summed E-state index contributed by atoms with van der Waals surface area (Å²) in [6, 6.07) is 6.11. The van der Waals surface area contributed by atoms with Crippen LogP contribution in [0.15, 0.2) is 22.7 Å². The molecule has 1 aromatic rings. The zero-order valence-corrected chi connectivity index (χ0v) is 11.4. The third-order valence-corrected chi connectivity index (χ3v) is 2.82. The van der Waals surface area contributed by atoms with Gasteiger partial charge in [0.2, 0.25) is 0 Å². The highest BCUT2D eigenvalue weighted by Crippen LogP contribution is 2.28. The first-order valence-electron chi connectivity index (χ1n) is 4.78. The SMILES string of the molecule is CCC[C@H](N)c1ccc(OC)c(Br)c1.Cl. The van der Waals surface area contributed by atoms with Crippen molar-refractivity contribution >= 4 is 28.3 Å². The standard InChI is InChI=1S/C11H16BrNO.ClH/c1-3-4-10(13)8-5-6-11(14-2)9(12)7-8;/h5-7,10H,3-4,13H2,1-2H3;1H/t10-;/m0./s1. The molecule has 0 radical (unpaired) electrons. The Morgan fingerprint density at radius 1 is 1.47 bits per heavy atom. The minimum absolute atomic E-state index is 0. The molecule has 15 heavy (non-hydrogen) atoms. The molecule has 1 atom stereocenters. The van der Waals surface area contributed by atoms with E-state index < -0.39 is 0 Å². The molecular formula is C11H17BrClNO. The molecule has 0 fully saturated rings. The Balaban J connectivity index is 0.00000196. The number of ether oxygens (including phenoxy) is 1. The normalized spacial score (nSPS) is 11.7. The van der Waals surface area contributed by atoms with Gasteiger partial charge in [-0.25, -0.2) is 0 Å². The molecule has 0 aliphatic heterocycles. The highest BCUT2D eigenvalue weighted by Gasteiger charge is 2.07. The van der Waals surface area contributed by atoms with Gasteiger partial charge in [0.1, 0.15) is 5.75 Å². The number of hydrogen-bond donors (Lipinski definition) is 1. The molecule has 0 saturated heterocycles. The van der Waals surface area contributed by atoms with Crippen molar-refractivity contribution in [1.29, 1.82) is 0 Å². The highest BCUT2D eigenvalue weighted by molar-refractivity contribution is 9.10. The van der Waals surface area contributed by atoms with E-state index >= 15 is 0 Å². The molecule has 0 heterocycles. The molecule has 0 aliphatic carbocycles. The largest absolute Gasteiger partial charge is 0.496 e. The molecule has 0 aromatic heterocycles. The molecule has 0 unspecified atom stereocenters. The Morgan fingerprint density at radius 3 is 2.60 bits per heavy atom. The van der Waals surface area contributed by atoms with Gasteiger partial charge in [-0.05, 0) is 40.0 Å². The predicted octanol–water partition coefficient (Wildman–Crippen LogP) is 3.68. The quantitative estimate of drug-likeness (QED) is 0.919. The zero-order chi connectivity index (χ0) is 10.6. The van der Waals surface area contributed by atoms with Crippen LogP contribution in [0.1, 0.15) is 31.4 Å². The van der Waals surface area contributed by atoms with E-state index in [-0.39, 0.29) is 18.4 Å². The van der Waals surface area contributed by atoms with E-state index in [4.69, 9.17) is 10.5 Å². The molecule has 0 spiro atoms. The summed E-state index contributed by atoms with van der Waals surface area (Å²) in [6.45, 7) is 2.14. The molecule has 2 N–H and O–H groups in total. The van der Waals surface area contributed by atoms with Crippen LogP contribution in [0.2, 0.25) is 0 Å². The highest BCUT2D eigenvalue weighted by atomic mass is 79.9. The van der Waals surface area contributed by atoms with Crippen LogP contribution in [0.25, 0.3) is 0 Å². The van der Waals surface area contributed by atoms with E-state index in [0.29, 0.717) is 0 Å². The molecule has 0 aliphatic rings. The van der Waals surface area contributed by atoms with Crippen molar-refractivity contribution in [2.45, 2.75) is 25.8 Å². The van der Waals surface area contributed by atoms with Crippen molar-refractivity contribution in [3.05, 3.63) is 28.2 Å². The van der Waals surface area contributed by atoms with Gasteiger partial charge in [-0.3, -0.25) is 0 Å². The van der Waals surface area contributed by atoms with Gasteiger partial charge in [0.05, 0.1) is 11.6 Å². The number of hydrogen-bond acceptors (Lipinski definition) is 2. The van der Waals surface area contributed by atoms with Crippen molar-refractivity contribution in [2.24, 2.45) is 5.73 Å². The minimum atomic E-state index is 0. The fraction of sp³-hybridized carbons (Fsp3) is 0.455. The van der Waals surface area contributed by atoms with Crippen LogP contribution in [0.5, 0.6) is 5.75 Å². The summed E-state index contributed by atoms with van der Waals surface area (Å²) in [5.41, 5.74) is 7.16. The van der Waals surface area contributed by atoms with E-state index in [1.807, 2.05) is 18.2 Å². The Morgan fingerprint density at radius 2 is 2.13 bits per heavy atom. The number of nitrogens with two attached hydrogens (primary N) is 1. The fourth-order valence-electron chi connectivity index (χ4n) is 1.39. The van der Waals surface area contributed by atoms with Crippen molar-refractivity contribution in [1.82, 2.24) is 0 Å². The van der Waals surface area contributed by atoms with Crippen molar-refractivity contribution in [2.75, 3.05) is 7.11 Å². The number of halogens is 2. The monoisotopic (exact) mass is 293 g/mol. The summed E-state index contributed by atoms with van der Waals surface area (Å²) >= 11 is 3.45. The topological polar surface area (TPSA) is 35.2 Å². The lowest BCUT2D eigenvalue weighted by atomic mass is 10.0. The Hall–Kier alpha value is -0.250. The molecular weight excluding hydrogens is 277 g/mol. The molecule has 0 bridgehead atoms. The van der Waals surface area contributed by atoms with E-state index in [2.05, 4.69) is 22.9 Å². The first kappa shape index (κ1) is 14.8. The van der Waals surface area contributed by atoms with Gasteiger partial charge >= 0.3 is 0 Å². The maximum absolute atomic E-state index is 6.00. The average molecular weight is 295 g/mol. The van der Waals surface area contributed by atoms with Crippen LogP contribution in [-0.2, 0) is 0 Å². The van der Waals surface area contributed by atoms with Gasteiger partial charge in [-0.2, -0.15) is 0 Å².